The molecular formula is C14H19FO9. The third-order valence-corrected chi connectivity index (χ3v) is 2.91. The minimum Gasteiger partial charge on any atom is -0.463 e. The molecule has 9 nitrogen and oxygen atoms in total. The van der Waals surface area contributed by atoms with Crippen LogP contribution < -0.4 is 0 Å². The Hall–Kier alpha value is -2.23. The summed E-state index contributed by atoms with van der Waals surface area (Å²) >= 11 is 0. The van der Waals surface area contributed by atoms with E-state index in [1.165, 1.54) is 0 Å². The molecule has 1 fully saturated rings. The zero-order valence-electron chi connectivity index (χ0n) is 13.6. The molecule has 0 bridgehead atoms. The minimum absolute atomic E-state index is 0.421. The summed E-state index contributed by atoms with van der Waals surface area (Å²) in [4.78, 5) is 44.5. The van der Waals surface area contributed by atoms with Crippen molar-refractivity contribution < 1.29 is 47.3 Å². The quantitative estimate of drug-likeness (QED) is 0.500. The fraction of sp³-hybridized carbons (Fsp3) is 0.714. The SMILES string of the molecule is CC(=O)OC[C@H]1O[C@H](OC(C)=O)[C@@H](F)[C@@H](OC(C)=O)[C@@H]1OC(C)=O. The number of esters is 4. The van der Waals surface area contributed by atoms with Crippen LogP contribution in [0.3, 0.4) is 0 Å². The monoisotopic (exact) mass is 350 g/mol. The minimum atomic E-state index is -2.10. The second kappa shape index (κ2) is 8.57. The van der Waals surface area contributed by atoms with Gasteiger partial charge in [-0.1, -0.05) is 0 Å². The van der Waals surface area contributed by atoms with E-state index in [-0.39, 0.29) is 0 Å². The number of ether oxygens (including phenoxy) is 5. The van der Waals surface area contributed by atoms with Gasteiger partial charge in [-0.15, -0.1) is 0 Å². The van der Waals surface area contributed by atoms with Crippen molar-refractivity contribution in [3.05, 3.63) is 0 Å². The Morgan fingerprint density at radius 1 is 0.833 bits per heavy atom. The van der Waals surface area contributed by atoms with E-state index < -0.39 is 61.3 Å². The van der Waals surface area contributed by atoms with Gasteiger partial charge in [0, 0.05) is 27.7 Å². The van der Waals surface area contributed by atoms with Gasteiger partial charge in [0.25, 0.3) is 0 Å². The maximum absolute atomic E-state index is 14.5. The molecule has 0 unspecified atom stereocenters. The first-order valence-corrected chi connectivity index (χ1v) is 7.06. The van der Waals surface area contributed by atoms with Gasteiger partial charge in [-0.2, -0.15) is 0 Å². The second-order valence-corrected chi connectivity index (χ2v) is 5.05. The summed E-state index contributed by atoms with van der Waals surface area (Å²) in [6, 6.07) is 0. The lowest BCUT2D eigenvalue weighted by atomic mass is 9.99. The molecule has 10 heteroatoms. The summed E-state index contributed by atoms with van der Waals surface area (Å²) in [5.74, 6) is -3.11. The normalized spacial score (nSPS) is 29.3. The molecule has 1 aliphatic heterocycles. The summed E-state index contributed by atoms with van der Waals surface area (Å²) in [6.07, 6.45) is -7.98. The molecule has 1 rings (SSSR count). The summed E-state index contributed by atoms with van der Waals surface area (Å²) in [6.45, 7) is 3.86. The summed E-state index contributed by atoms with van der Waals surface area (Å²) in [5.41, 5.74) is 0. The van der Waals surface area contributed by atoms with E-state index in [1.54, 1.807) is 0 Å². The molecule has 1 saturated heterocycles. The molecule has 0 aromatic carbocycles. The van der Waals surface area contributed by atoms with Gasteiger partial charge in [0.05, 0.1) is 0 Å². The Bertz CT molecular complexity index is 490. The van der Waals surface area contributed by atoms with Crippen LogP contribution in [0.1, 0.15) is 27.7 Å². The van der Waals surface area contributed by atoms with E-state index in [9.17, 15) is 23.6 Å². The number of carbonyl (C=O) groups excluding carboxylic acids is 4. The Morgan fingerprint density at radius 2 is 1.33 bits per heavy atom. The second-order valence-electron chi connectivity index (χ2n) is 5.05. The lowest BCUT2D eigenvalue weighted by molar-refractivity contribution is -0.284. The molecule has 0 aliphatic carbocycles. The highest BCUT2D eigenvalue weighted by molar-refractivity contribution is 5.68. The van der Waals surface area contributed by atoms with Gasteiger partial charge < -0.3 is 23.7 Å². The lowest BCUT2D eigenvalue weighted by Crippen LogP contribution is -2.60. The molecule has 5 atom stereocenters. The third-order valence-electron chi connectivity index (χ3n) is 2.91. The fourth-order valence-corrected chi connectivity index (χ4v) is 2.12. The maximum atomic E-state index is 14.5. The van der Waals surface area contributed by atoms with Crippen LogP contribution in [0.25, 0.3) is 0 Å². The molecule has 0 radical (unpaired) electrons. The van der Waals surface area contributed by atoms with Crippen molar-refractivity contribution in [1.82, 2.24) is 0 Å². The van der Waals surface area contributed by atoms with E-state index in [1.807, 2.05) is 0 Å². The number of hydrogen-bond acceptors (Lipinski definition) is 9. The number of rotatable bonds is 5. The van der Waals surface area contributed by atoms with E-state index >= 15 is 0 Å². The van der Waals surface area contributed by atoms with E-state index in [2.05, 4.69) is 0 Å². The summed E-state index contributed by atoms with van der Waals surface area (Å²) in [5, 5.41) is 0. The standard InChI is InChI=1S/C14H19FO9/c1-6(16)20-5-10-12(21-7(2)17)13(22-8(3)18)11(15)14(24-10)23-9(4)19/h10-14H,5H2,1-4H3/t10-,11+,12-,13-,14+/m1/s1. The zero-order valence-corrected chi connectivity index (χ0v) is 13.6. The first-order valence-electron chi connectivity index (χ1n) is 7.06. The van der Waals surface area contributed by atoms with E-state index in [0.717, 1.165) is 27.7 Å². The average Bonchev–Trinajstić information content (AvgIpc) is 2.42. The van der Waals surface area contributed by atoms with Crippen LogP contribution in [0.2, 0.25) is 0 Å². The van der Waals surface area contributed by atoms with Crippen LogP contribution in [0, 0.1) is 0 Å². The first-order chi connectivity index (χ1) is 11.1. The van der Waals surface area contributed by atoms with Crippen molar-refractivity contribution >= 4 is 23.9 Å². The smallest absolute Gasteiger partial charge is 0.305 e. The molecule has 0 spiro atoms. The van der Waals surface area contributed by atoms with Crippen molar-refractivity contribution in [2.75, 3.05) is 6.61 Å². The van der Waals surface area contributed by atoms with Crippen LogP contribution in [0.4, 0.5) is 4.39 Å². The molecule has 0 aromatic heterocycles. The molecule has 1 aliphatic rings. The number of halogens is 1. The highest BCUT2D eigenvalue weighted by Crippen LogP contribution is 2.29. The molecule has 0 saturated carbocycles. The van der Waals surface area contributed by atoms with Crippen molar-refractivity contribution in [1.29, 1.82) is 0 Å². The molecule has 0 N–H and O–H groups in total. The molecule has 0 aromatic rings. The maximum Gasteiger partial charge on any atom is 0.305 e. The van der Waals surface area contributed by atoms with Crippen LogP contribution in [-0.4, -0.2) is 61.3 Å². The molecule has 1 heterocycles. The number of carbonyl (C=O) groups is 4. The molecule has 0 amide bonds. The molecule has 24 heavy (non-hydrogen) atoms. The zero-order chi connectivity index (χ0) is 18.4. The Morgan fingerprint density at radius 3 is 1.79 bits per heavy atom. The van der Waals surface area contributed by atoms with E-state index in [0.29, 0.717) is 0 Å². The van der Waals surface area contributed by atoms with Crippen molar-refractivity contribution in [2.24, 2.45) is 0 Å². The summed E-state index contributed by atoms with van der Waals surface area (Å²) in [7, 11) is 0. The average molecular weight is 350 g/mol. The third kappa shape index (κ3) is 5.76. The largest absolute Gasteiger partial charge is 0.463 e. The van der Waals surface area contributed by atoms with Gasteiger partial charge >= 0.3 is 23.9 Å². The Balaban J connectivity index is 3.08. The molecule has 136 valence electrons. The van der Waals surface area contributed by atoms with Crippen LogP contribution in [0.15, 0.2) is 0 Å². The van der Waals surface area contributed by atoms with Crippen LogP contribution in [0.5, 0.6) is 0 Å². The Labute approximate surface area is 137 Å². The fourth-order valence-electron chi connectivity index (χ4n) is 2.12. The molecular weight excluding hydrogens is 331 g/mol. The van der Waals surface area contributed by atoms with Gasteiger partial charge in [0.2, 0.25) is 12.5 Å². The number of alkyl halides is 1. The lowest BCUT2D eigenvalue weighted by Gasteiger charge is -2.41. The van der Waals surface area contributed by atoms with Gasteiger partial charge in [0.1, 0.15) is 12.7 Å². The van der Waals surface area contributed by atoms with Crippen molar-refractivity contribution in [3.63, 3.8) is 0 Å². The topological polar surface area (TPSA) is 114 Å². The van der Waals surface area contributed by atoms with Crippen LogP contribution in [-0.2, 0) is 42.9 Å². The predicted octanol–water partition coefficient (Wildman–Crippen LogP) is 0.0390. The van der Waals surface area contributed by atoms with Crippen molar-refractivity contribution in [2.45, 2.75) is 58.5 Å². The van der Waals surface area contributed by atoms with Crippen molar-refractivity contribution in [3.8, 4) is 0 Å². The van der Waals surface area contributed by atoms with Gasteiger partial charge in [-0.25, -0.2) is 4.39 Å². The highest BCUT2D eigenvalue weighted by atomic mass is 19.1. The van der Waals surface area contributed by atoms with Gasteiger partial charge in [-0.05, 0) is 0 Å². The summed E-state index contributed by atoms with van der Waals surface area (Å²) < 4.78 is 39.0. The highest BCUT2D eigenvalue weighted by Gasteiger charge is 2.52. The van der Waals surface area contributed by atoms with Gasteiger partial charge in [0.15, 0.2) is 12.2 Å². The van der Waals surface area contributed by atoms with Gasteiger partial charge in [-0.3, -0.25) is 19.2 Å². The van der Waals surface area contributed by atoms with E-state index in [4.69, 9.17) is 23.7 Å². The first kappa shape index (κ1) is 19.8. The predicted molar refractivity (Wildman–Crippen MR) is 73.1 cm³/mol. The van der Waals surface area contributed by atoms with Crippen LogP contribution >= 0.6 is 0 Å². The Kier molecular flexibility index (Phi) is 7.08. The number of hydrogen-bond donors (Lipinski definition) is 0.